The van der Waals surface area contributed by atoms with Crippen molar-refractivity contribution in [2.75, 3.05) is 26.2 Å². The number of piperazine rings is 1. The van der Waals surface area contributed by atoms with Crippen molar-refractivity contribution in [2.45, 2.75) is 54.1 Å². The van der Waals surface area contributed by atoms with E-state index in [-0.39, 0.29) is 23.3 Å². The number of hydrogen-bond acceptors (Lipinski definition) is 3. The van der Waals surface area contributed by atoms with Crippen LogP contribution in [0, 0.1) is 11.3 Å². The summed E-state index contributed by atoms with van der Waals surface area (Å²) in [6.45, 7) is 15.9. The molecule has 21 heavy (non-hydrogen) atoms. The van der Waals surface area contributed by atoms with Crippen molar-refractivity contribution >= 4 is 12.0 Å². The molecule has 1 rings (SSSR count). The minimum Gasteiger partial charge on any atom is -0.444 e. The Morgan fingerprint density at radius 2 is 1.33 bits per heavy atom. The molecule has 0 bridgehead atoms. The molecule has 1 aliphatic rings. The fraction of sp³-hybridized carbons (Fsp3) is 0.875. The van der Waals surface area contributed by atoms with Gasteiger partial charge in [0, 0.05) is 31.6 Å². The molecule has 0 spiro atoms. The lowest BCUT2D eigenvalue weighted by Crippen LogP contribution is -2.54. The van der Waals surface area contributed by atoms with Crippen molar-refractivity contribution in [1.29, 1.82) is 0 Å². The standard InChI is InChI=1S/C16H30N2O3/c1-12(2)16(6,7)13(19)17-8-10-18(11-9-17)14(20)21-15(3,4)5/h12H,8-11H2,1-7H3. The van der Waals surface area contributed by atoms with E-state index in [1.165, 1.54) is 0 Å². The lowest BCUT2D eigenvalue weighted by Gasteiger charge is -2.40. The van der Waals surface area contributed by atoms with Crippen LogP contribution in [-0.4, -0.2) is 53.6 Å². The molecule has 2 amide bonds. The van der Waals surface area contributed by atoms with Gasteiger partial charge in [-0.3, -0.25) is 4.79 Å². The lowest BCUT2D eigenvalue weighted by molar-refractivity contribution is -0.144. The average Bonchev–Trinajstić information content (AvgIpc) is 2.35. The predicted octanol–water partition coefficient (Wildman–Crippen LogP) is 2.75. The molecule has 0 atom stereocenters. The molecule has 0 aliphatic carbocycles. The second kappa shape index (κ2) is 6.24. The highest BCUT2D eigenvalue weighted by molar-refractivity contribution is 5.82. The van der Waals surface area contributed by atoms with E-state index in [0.717, 1.165) is 0 Å². The van der Waals surface area contributed by atoms with Gasteiger partial charge < -0.3 is 14.5 Å². The Balaban J connectivity index is 2.57. The molecule has 1 aliphatic heterocycles. The SMILES string of the molecule is CC(C)C(C)(C)C(=O)N1CCN(C(=O)OC(C)(C)C)CC1. The number of ether oxygens (including phenoxy) is 1. The number of amides is 2. The molecule has 5 heteroatoms. The summed E-state index contributed by atoms with van der Waals surface area (Å²) in [6.07, 6.45) is -0.294. The first kappa shape index (κ1) is 17.8. The van der Waals surface area contributed by atoms with Crippen LogP contribution < -0.4 is 0 Å². The van der Waals surface area contributed by atoms with E-state index >= 15 is 0 Å². The molecule has 1 saturated heterocycles. The monoisotopic (exact) mass is 298 g/mol. The Hall–Kier alpha value is -1.26. The van der Waals surface area contributed by atoms with Gasteiger partial charge in [-0.05, 0) is 26.7 Å². The Morgan fingerprint density at radius 1 is 0.905 bits per heavy atom. The van der Waals surface area contributed by atoms with Crippen molar-refractivity contribution in [3.63, 3.8) is 0 Å². The Morgan fingerprint density at radius 3 is 1.71 bits per heavy atom. The quantitative estimate of drug-likeness (QED) is 0.787. The highest BCUT2D eigenvalue weighted by Gasteiger charge is 2.37. The van der Waals surface area contributed by atoms with E-state index in [0.29, 0.717) is 26.2 Å². The molecular weight excluding hydrogens is 268 g/mol. The Labute approximate surface area is 128 Å². The van der Waals surface area contributed by atoms with Crippen LogP contribution >= 0.6 is 0 Å². The fourth-order valence-electron chi connectivity index (χ4n) is 2.07. The van der Waals surface area contributed by atoms with Gasteiger partial charge in [-0.1, -0.05) is 27.7 Å². The van der Waals surface area contributed by atoms with Crippen LogP contribution in [0.5, 0.6) is 0 Å². The minimum absolute atomic E-state index is 0.168. The molecule has 5 nitrogen and oxygen atoms in total. The van der Waals surface area contributed by atoms with E-state index < -0.39 is 5.60 Å². The van der Waals surface area contributed by atoms with Gasteiger partial charge in [-0.25, -0.2) is 4.79 Å². The van der Waals surface area contributed by atoms with Gasteiger partial charge in [0.2, 0.25) is 5.91 Å². The Kier molecular flexibility index (Phi) is 5.29. The second-order valence-corrected chi connectivity index (χ2v) is 7.64. The highest BCUT2D eigenvalue weighted by Crippen LogP contribution is 2.29. The summed E-state index contributed by atoms with van der Waals surface area (Å²) in [5.74, 6) is 0.454. The van der Waals surface area contributed by atoms with Gasteiger partial charge in [-0.15, -0.1) is 0 Å². The topological polar surface area (TPSA) is 49.9 Å². The zero-order chi connectivity index (χ0) is 16.4. The van der Waals surface area contributed by atoms with Crippen molar-refractivity contribution in [3.05, 3.63) is 0 Å². The van der Waals surface area contributed by atoms with Crippen molar-refractivity contribution in [3.8, 4) is 0 Å². The van der Waals surface area contributed by atoms with Crippen molar-refractivity contribution in [2.24, 2.45) is 11.3 Å². The first-order valence-corrected chi connectivity index (χ1v) is 7.72. The molecule has 1 heterocycles. The largest absolute Gasteiger partial charge is 0.444 e. The Bertz CT molecular complexity index is 389. The third kappa shape index (κ3) is 4.61. The van der Waals surface area contributed by atoms with Gasteiger partial charge in [0.15, 0.2) is 0 Å². The fourth-order valence-corrected chi connectivity index (χ4v) is 2.07. The molecular formula is C16H30N2O3. The molecule has 0 aromatic rings. The number of nitrogens with zero attached hydrogens (tertiary/aromatic N) is 2. The van der Waals surface area contributed by atoms with Crippen LogP contribution in [-0.2, 0) is 9.53 Å². The maximum absolute atomic E-state index is 12.6. The molecule has 0 radical (unpaired) electrons. The van der Waals surface area contributed by atoms with E-state index in [1.807, 2.05) is 39.5 Å². The maximum atomic E-state index is 12.6. The van der Waals surface area contributed by atoms with E-state index in [9.17, 15) is 9.59 Å². The maximum Gasteiger partial charge on any atom is 0.410 e. The highest BCUT2D eigenvalue weighted by atomic mass is 16.6. The smallest absolute Gasteiger partial charge is 0.410 e. The normalized spacial score (nSPS) is 17.1. The van der Waals surface area contributed by atoms with E-state index in [4.69, 9.17) is 4.74 Å². The van der Waals surface area contributed by atoms with E-state index in [2.05, 4.69) is 13.8 Å². The summed E-state index contributed by atoms with van der Waals surface area (Å²) in [5, 5.41) is 0. The molecule has 1 fully saturated rings. The van der Waals surface area contributed by atoms with Crippen molar-refractivity contribution < 1.29 is 14.3 Å². The third-order valence-electron chi connectivity index (χ3n) is 4.21. The summed E-state index contributed by atoms with van der Waals surface area (Å²) >= 11 is 0. The molecule has 0 saturated carbocycles. The molecule has 0 aromatic carbocycles. The van der Waals surface area contributed by atoms with Crippen molar-refractivity contribution in [1.82, 2.24) is 9.80 Å². The summed E-state index contributed by atoms with van der Waals surface area (Å²) in [4.78, 5) is 28.1. The third-order valence-corrected chi connectivity index (χ3v) is 4.21. The van der Waals surface area contributed by atoms with Gasteiger partial charge in [-0.2, -0.15) is 0 Å². The molecule has 0 aromatic heterocycles. The lowest BCUT2D eigenvalue weighted by atomic mass is 9.79. The molecule has 0 unspecified atom stereocenters. The average molecular weight is 298 g/mol. The second-order valence-electron chi connectivity index (χ2n) is 7.64. The zero-order valence-corrected chi connectivity index (χ0v) is 14.5. The number of carbonyl (C=O) groups is 2. The van der Waals surface area contributed by atoms with Crippen LogP contribution in [0.25, 0.3) is 0 Å². The zero-order valence-electron chi connectivity index (χ0n) is 14.5. The van der Waals surface area contributed by atoms with Gasteiger partial charge in [0.25, 0.3) is 0 Å². The first-order valence-electron chi connectivity index (χ1n) is 7.72. The van der Waals surface area contributed by atoms with Gasteiger partial charge >= 0.3 is 6.09 Å². The molecule has 122 valence electrons. The van der Waals surface area contributed by atoms with E-state index in [1.54, 1.807) is 4.90 Å². The van der Waals surface area contributed by atoms with Crippen LogP contribution in [0.4, 0.5) is 4.79 Å². The van der Waals surface area contributed by atoms with Crippen LogP contribution in [0.15, 0.2) is 0 Å². The number of hydrogen-bond donors (Lipinski definition) is 0. The number of carbonyl (C=O) groups excluding carboxylic acids is 2. The van der Waals surface area contributed by atoms with Gasteiger partial charge in [0.1, 0.15) is 5.60 Å². The van der Waals surface area contributed by atoms with Crippen LogP contribution in [0.3, 0.4) is 0 Å². The predicted molar refractivity (Wildman–Crippen MR) is 83.0 cm³/mol. The minimum atomic E-state index is -0.482. The van der Waals surface area contributed by atoms with Crippen LogP contribution in [0.2, 0.25) is 0 Å². The van der Waals surface area contributed by atoms with Crippen LogP contribution in [0.1, 0.15) is 48.5 Å². The van der Waals surface area contributed by atoms with Gasteiger partial charge in [0.05, 0.1) is 0 Å². The summed E-state index contributed by atoms with van der Waals surface area (Å²) in [5.41, 5.74) is -0.849. The first-order chi connectivity index (χ1) is 9.45. The summed E-state index contributed by atoms with van der Waals surface area (Å²) in [7, 11) is 0. The summed E-state index contributed by atoms with van der Waals surface area (Å²) in [6, 6.07) is 0. The summed E-state index contributed by atoms with van der Waals surface area (Å²) < 4.78 is 5.36. The number of rotatable bonds is 2. The molecule has 0 N–H and O–H groups in total.